The molecule has 1 amide bonds. The third-order valence-electron chi connectivity index (χ3n) is 3.23. The van der Waals surface area contributed by atoms with E-state index in [1.807, 2.05) is 13.8 Å². The zero-order valence-electron chi connectivity index (χ0n) is 12.5. The molecular formula is C14H15BrClN3O3S. The van der Waals surface area contributed by atoms with Crippen molar-refractivity contribution in [3.8, 4) is 0 Å². The Hall–Kier alpha value is -1.38. The van der Waals surface area contributed by atoms with Gasteiger partial charge < -0.3 is 4.90 Å². The van der Waals surface area contributed by atoms with E-state index in [1.165, 1.54) is 23.2 Å². The van der Waals surface area contributed by atoms with Crippen molar-refractivity contribution in [2.45, 2.75) is 23.8 Å². The molecule has 6 nitrogen and oxygen atoms in total. The number of aromatic nitrogens is 2. The summed E-state index contributed by atoms with van der Waals surface area (Å²) in [6.07, 6.45) is 1.22. The quantitative estimate of drug-likeness (QED) is 0.759. The van der Waals surface area contributed by atoms with E-state index in [-0.39, 0.29) is 14.9 Å². The van der Waals surface area contributed by atoms with Crippen molar-refractivity contribution in [1.29, 1.82) is 0 Å². The van der Waals surface area contributed by atoms with Gasteiger partial charge in [0.2, 0.25) is 14.9 Å². The first-order chi connectivity index (χ1) is 10.8. The molecule has 2 rings (SSSR count). The topological polar surface area (TPSA) is 72.3 Å². The van der Waals surface area contributed by atoms with Gasteiger partial charge in [0, 0.05) is 17.6 Å². The zero-order chi connectivity index (χ0) is 17.2. The maximum atomic E-state index is 12.6. The Morgan fingerprint density at radius 1 is 1.35 bits per heavy atom. The van der Waals surface area contributed by atoms with Gasteiger partial charge in [-0.25, -0.2) is 13.2 Å². The van der Waals surface area contributed by atoms with Crippen LogP contribution in [0.4, 0.5) is 4.79 Å². The van der Waals surface area contributed by atoms with Gasteiger partial charge in [0.05, 0.1) is 16.1 Å². The molecule has 1 aromatic carbocycles. The fourth-order valence-electron chi connectivity index (χ4n) is 2.00. The van der Waals surface area contributed by atoms with Crippen LogP contribution in [0.15, 0.2) is 44.9 Å². The highest BCUT2D eigenvalue weighted by molar-refractivity contribution is 9.10. The fourth-order valence-corrected chi connectivity index (χ4v) is 4.26. The van der Waals surface area contributed by atoms with E-state index < -0.39 is 15.9 Å². The molecule has 2 aromatic rings. The first-order valence-electron chi connectivity index (χ1n) is 6.86. The summed E-state index contributed by atoms with van der Waals surface area (Å²) < 4.78 is 26.9. The van der Waals surface area contributed by atoms with Gasteiger partial charge >= 0.3 is 6.03 Å². The summed E-state index contributed by atoms with van der Waals surface area (Å²) in [6, 6.07) is 5.79. The summed E-state index contributed by atoms with van der Waals surface area (Å²) in [4.78, 5) is 13.8. The number of carbonyl (C=O) groups excluding carboxylic acids is 1. The largest absolute Gasteiger partial charge is 0.344 e. The first kappa shape index (κ1) is 18.0. The molecule has 0 aliphatic heterocycles. The number of sulfone groups is 1. The van der Waals surface area contributed by atoms with Gasteiger partial charge in [-0.15, -0.1) is 0 Å². The Bertz CT molecular complexity index is 832. The Balaban J connectivity index is 2.47. The van der Waals surface area contributed by atoms with E-state index in [0.717, 1.165) is 4.68 Å². The minimum absolute atomic E-state index is 0.0503. The van der Waals surface area contributed by atoms with Gasteiger partial charge in [-0.05, 0) is 32.0 Å². The van der Waals surface area contributed by atoms with Crippen molar-refractivity contribution >= 4 is 43.4 Å². The Kier molecular flexibility index (Phi) is 5.49. The van der Waals surface area contributed by atoms with E-state index in [1.54, 1.807) is 12.1 Å². The van der Waals surface area contributed by atoms with Crippen molar-refractivity contribution in [2.24, 2.45) is 0 Å². The lowest BCUT2D eigenvalue weighted by atomic mass is 10.4. The summed E-state index contributed by atoms with van der Waals surface area (Å²) in [7, 11) is -3.91. The second-order valence-electron chi connectivity index (χ2n) is 4.64. The molecule has 0 unspecified atom stereocenters. The lowest BCUT2D eigenvalue weighted by molar-refractivity contribution is 0.201. The molecule has 23 heavy (non-hydrogen) atoms. The molecule has 0 saturated heterocycles. The summed E-state index contributed by atoms with van der Waals surface area (Å²) in [5, 5.41) is 3.47. The SMILES string of the molecule is CCN(CC)C(=O)n1cc(Cl)c(S(=O)(=O)c2cccc(Br)c2)n1. The minimum Gasteiger partial charge on any atom is -0.323 e. The van der Waals surface area contributed by atoms with Crippen LogP contribution in [0.25, 0.3) is 0 Å². The standard InChI is InChI=1S/C14H15BrClN3O3S/c1-3-18(4-2)14(20)19-9-12(16)13(17-19)23(21,22)11-7-5-6-10(15)8-11/h5-9H,3-4H2,1-2H3. The molecule has 0 atom stereocenters. The summed E-state index contributed by atoms with van der Waals surface area (Å²) >= 11 is 9.24. The maximum Gasteiger partial charge on any atom is 0.344 e. The Labute approximate surface area is 148 Å². The van der Waals surface area contributed by atoms with Gasteiger partial charge in [-0.2, -0.15) is 9.78 Å². The third-order valence-corrected chi connectivity index (χ3v) is 5.80. The van der Waals surface area contributed by atoms with Crippen LogP contribution >= 0.6 is 27.5 Å². The van der Waals surface area contributed by atoms with E-state index in [4.69, 9.17) is 11.6 Å². The van der Waals surface area contributed by atoms with Gasteiger partial charge in [-0.3, -0.25) is 0 Å². The molecule has 1 aromatic heterocycles. The van der Waals surface area contributed by atoms with E-state index in [2.05, 4.69) is 21.0 Å². The number of nitrogens with zero attached hydrogens (tertiary/aromatic N) is 3. The van der Waals surface area contributed by atoms with Crippen LogP contribution in [0.3, 0.4) is 0 Å². The highest BCUT2D eigenvalue weighted by atomic mass is 79.9. The van der Waals surface area contributed by atoms with Crippen LogP contribution in [-0.2, 0) is 9.84 Å². The predicted molar refractivity (Wildman–Crippen MR) is 90.5 cm³/mol. The van der Waals surface area contributed by atoms with E-state index in [9.17, 15) is 13.2 Å². The van der Waals surface area contributed by atoms with Crippen molar-refractivity contribution in [3.05, 3.63) is 40.0 Å². The molecule has 0 aliphatic carbocycles. The van der Waals surface area contributed by atoms with Gasteiger partial charge in [0.25, 0.3) is 0 Å². The van der Waals surface area contributed by atoms with Crippen LogP contribution in [0.5, 0.6) is 0 Å². The first-order valence-corrected chi connectivity index (χ1v) is 9.51. The lowest BCUT2D eigenvalue weighted by Gasteiger charge is -2.17. The maximum absolute atomic E-state index is 12.6. The van der Waals surface area contributed by atoms with Crippen LogP contribution < -0.4 is 0 Å². The number of amides is 1. The Morgan fingerprint density at radius 3 is 2.57 bits per heavy atom. The van der Waals surface area contributed by atoms with E-state index >= 15 is 0 Å². The highest BCUT2D eigenvalue weighted by Crippen LogP contribution is 2.27. The number of hydrogen-bond acceptors (Lipinski definition) is 4. The smallest absolute Gasteiger partial charge is 0.323 e. The third kappa shape index (κ3) is 3.59. The van der Waals surface area contributed by atoms with Gasteiger partial charge in [0.15, 0.2) is 0 Å². The molecule has 0 spiro atoms. The molecule has 0 bridgehead atoms. The average molecular weight is 421 g/mol. The van der Waals surface area contributed by atoms with Crippen LogP contribution in [-0.4, -0.2) is 42.2 Å². The highest BCUT2D eigenvalue weighted by Gasteiger charge is 2.27. The number of benzene rings is 1. The summed E-state index contributed by atoms with van der Waals surface area (Å²) in [5.41, 5.74) is 0. The Morgan fingerprint density at radius 2 is 2.00 bits per heavy atom. The van der Waals surface area contributed by atoms with Crippen LogP contribution in [0.1, 0.15) is 13.8 Å². The molecule has 0 radical (unpaired) electrons. The van der Waals surface area contributed by atoms with Crippen molar-refractivity contribution in [1.82, 2.24) is 14.7 Å². The summed E-state index contributed by atoms with van der Waals surface area (Å²) in [5.74, 6) is 0. The van der Waals surface area contributed by atoms with Crippen molar-refractivity contribution in [3.63, 3.8) is 0 Å². The second kappa shape index (κ2) is 7.02. The molecule has 1 heterocycles. The average Bonchev–Trinajstić information content (AvgIpc) is 2.91. The molecule has 9 heteroatoms. The molecule has 0 aliphatic rings. The molecular weight excluding hydrogens is 406 g/mol. The monoisotopic (exact) mass is 419 g/mol. The van der Waals surface area contributed by atoms with Crippen molar-refractivity contribution in [2.75, 3.05) is 13.1 Å². The predicted octanol–water partition coefficient (Wildman–Crippen LogP) is 3.44. The second-order valence-corrected chi connectivity index (χ2v) is 7.83. The molecule has 0 saturated carbocycles. The molecule has 0 N–H and O–H groups in total. The molecule has 0 fully saturated rings. The minimum atomic E-state index is -3.91. The van der Waals surface area contributed by atoms with Crippen LogP contribution in [0, 0.1) is 0 Å². The van der Waals surface area contributed by atoms with Crippen LogP contribution in [0.2, 0.25) is 5.02 Å². The van der Waals surface area contributed by atoms with Gasteiger partial charge in [-0.1, -0.05) is 33.6 Å². The number of halogens is 2. The lowest BCUT2D eigenvalue weighted by Crippen LogP contribution is -2.34. The zero-order valence-corrected chi connectivity index (χ0v) is 15.7. The van der Waals surface area contributed by atoms with Crippen molar-refractivity contribution < 1.29 is 13.2 Å². The molecule has 124 valence electrons. The van der Waals surface area contributed by atoms with E-state index in [0.29, 0.717) is 17.6 Å². The van der Waals surface area contributed by atoms with Gasteiger partial charge in [0.1, 0.15) is 0 Å². The fraction of sp³-hybridized carbons (Fsp3) is 0.286. The number of hydrogen-bond donors (Lipinski definition) is 0. The summed E-state index contributed by atoms with van der Waals surface area (Å²) in [6.45, 7) is 4.62. The number of carbonyl (C=O) groups is 1. The normalized spacial score (nSPS) is 11.5. The number of rotatable bonds is 4.